The lowest BCUT2D eigenvalue weighted by Crippen LogP contribution is -2.38. The van der Waals surface area contributed by atoms with Gasteiger partial charge in [0, 0.05) is 17.3 Å². The molecule has 0 bridgehead atoms. The van der Waals surface area contributed by atoms with Crippen LogP contribution in [0.5, 0.6) is 0 Å². The first kappa shape index (κ1) is 28.8. The SMILES string of the molecule is COC(=O)c1cc(Cl)ccc1NC(=O)COCC(=O)N(CC(C)C)c1cc(-c2ccc(F)cc2)ccc1C. The molecule has 0 radical (unpaired) electrons. The van der Waals surface area contributed by atoms with E-state index in [1.807, 2.05) is 39.0 Å². The molecule has 3 rings (SSSR count). The number of ether oxygens (including phenoxy) is 2. The summed E-state index contributed by atoms with van der Waals surface area (Å²) in [4.78, 5) is 39.3. The van der Waals surface area contributed by atoms with Crippen LogP contribution in [0.25, 0.3) is 11.1 Å². The summed E-state index contributed by atoms with van der Waals surface area (Å²) in [5.74, 6) is -1.67. The number of esters is 1. The maximum atomic E-state index is 13.4. The second-order valence-electron chi connectivity index (χ2n) is 9.13. The molecule has 0 aliphatic carbocycles. The molecule has 0 heterocycles. The highest BCUT2D eigenvalue weighted by atomic mass is 35.5. The first-order valence-corrected chi connectivity index (χ1v) is 12.4. The number of halogens is 2. The minimum absolute atomic E-state index is 0.101. The van der Waals surface area contributed by atoms with Crippen LogP contribution in [0.4, 0.5) is 15.8 Å². The van der Waals surface area contributed by atoms with E-state index in [1.165, 1.54) is 37.4 Å². The maximum absolute atomic E-state index is 13.4. The van der Waals surface area contributed by atoms with Gasteiger partial charge in [0.1, 0.15) is 19.0 Å². The first-order chi connectivity index (χ1) is 18.1. The molecule has 3 aromatic carbocycles. The van der Waals surface area contributed by atoms with E-state index in [1.54, 1.807) is 17.0 Å². The van der Waals surface area contributed by atoms with Crippen LogP contribution >= 0.6 is 11.6 Å². The minimum atomic E-state index is -0.651. The Balaban J connectivity index is 1.70. The van der Waals surface area contributed by atoms with Gasteiger partial charge in [0.2, 0.25) is 5.91 Å². The van der Waals surface area contributed by atoms with Crippen molar-refractivity contribution in [2.45, 2.75) is 20.8 Å². The fraction of sp³-hybridized carbons (Fsp3) is 0.276. The molecule has 1 N–H and O–H groups in total. The van der Waals surface area contributed by atoms with Crippen LogP contribution in [0.15, 0.2) is 60.7 Å². The summed E-state index contributed by atoms with van der Waals surface area (Å²) in [7, 11) is 1.23. The van der Waals surface area contributed by atoms with Crippen LogP contribution < -0.4 is 10.2 Å². The van der Waals surface area contributed by atoms with Crippen molar-refractivity contribution < 1.29 is 28.2 Å². The van der Waals surface area contributed by atoms with Crippen molar-refractivity contribution in [3.63, 3.8) is 0 Å². The number of nitrogens with zero attached hydrogens (tertiary/aromatic N) is 1. The third-order valence-electron chi connectivity index (χ3n) is 5.65. The lowest BCUT2D eigenvalue weighted by molar-refractivity contribution is -0.127. The number of rotatable bonds is 10. The Morgan fingerprint density at radius 1 is 0.974 bits per heavy atom. The first-order valence-electron chi connectivity index (χ1n) is 12.0. The number of anilines is 2. The monoisotopic (exact) mass is 540 g/mol. The maximum Gasteiger partial charge on any atom is 0.340 e. The van der Waals surface area contributed by atoms with E-state index in [0.717, 1.165) is 16.7 Å². The molecule has 0 spiro atoms. The normalized spacial score (nSPS) is 10.8. The van der Waals surface area contributed by atoms with E-state index < -0.39 is 18.5 Å². The third-order valence-corrected chi connectivity index (χ3v) is 5.88. The molecule has 0 aliphatic heterocycles. The molecule has 7 nitrogen and oxygen atoms in total. The highest BCUT2D eigenvalue weighted by molar-refractivity contribution is 6.31. The van der Waals surface area contributed by atoms with Crippen LogP contribution in [0.1, 0.15) is 29.8 Å². The highest BCUT2D eigenvalue weighted by Crippen LogP contribution is 2.29. The standard InChI is InChI=1S/C29H30ClFN2O5/c1-18(2)15-33(26-13-21(6-5-19(26)3)20-7-10-23(31)11-8-20)28(35)17-38-16-27(34)32-25-12-9-22(30)14-24(25)29(36)37-4/h5-14,18H,15-17H2,1-4H3,(H,32,34). The lowest BCUT2D eigenvalue weighted by atomic mass is 10.0. The summed E-state index contributed by atoms with van der Waals surface area (Å²) in [6, 6.07) is 16.3. The Bertz CT molecular complexity index is 1310. The number of carbonyl (C=O) groups excluding carboxylic acids is 3. The fourth-order valence-corrected chi connectivity index (χ4v) is 3.99. The van der Waals surface area contributed by atoms with Gasteiger partial charge in [0.25, 0.3) is 5.91 Å². The summed E-state index contributed by atoms with van der Waals surface area (Å²) in [6.45, 7) is 5.61. The van der Waals surface area contributed by atoms with E-state index in [-0.39, 0.29) is 35.5 Å². The van der Waals surface area contributed by atoms with Crippen LogP contribution in [0.3, 0.4) is 0 Å². The molecule has 38 heavy (non-hydrogen) atoms. The predicted octanol–water partition coefficient (Wildman–Crippen LogP) is 5.89. The summed E-state index contributed by atoms with van der Waals surface area (Å²) in [5, 5.41) is 2.90. The van der Waals surface area contributed by atoms with Gasteiger partial charge in [-0.05, 0) is 65.9 Å². The summed E-state index contributed by atoms with van der Waals surface area (Å²) in [6.07, 6.45) is 0. The van der Waals surface area contributed by atoms with Gasteiger partial charge in [0.05, 0.1) is 18.4 Å². The average Bonchev–Trinajstić information content (AvgIpc) is 2.88. The molecule has 0 aromatic heterocycles. The van der Waals surface area contributed by atoms with Crippen LogP contribution in [-0.2, 0) is 19.1 Å². The molecule has 9 heteroatoms. The molecular formula is C29H30ClFN2O5. The third kappa shape index (κ3) is 7.63. The van der Waals surface area contributed by atoms with Gasteiger partial charge in [-0.1, -0.05) is 49.7 Å². The van der Waals surface area contributed by atoms with Crippen molar-refractivity contribution in [1.82, 2.24) is 0 Å². The van der Waals surface area contributed by atoms with Gasteiger partial charge in [-0.25, -0.2) is 9.18 Å². The zero-order chi connectivity index (χ0) is 27.8. The van der Waals surface area contributed by atoms with Crippen molar-refractivity contribution in [2.24, 2.45) is 5.92 Å². The molecule has 0 fully saturated rings. The molecular weight excluding hydrogens is 511 g/mol. The Kier molecular flexibility index (Phi) is 9.98. The van der Waals surface area contributed by atoms with Crippen molar-refractivity contribution in [3.8, 4) is 11.1 Å². The molecule has 0 atom stereocenters. The van der Waals surface area contributed by atoms with Gasteiger partial charge in [-0.15, -0.1) is 0 Å². The minimum Gasteiger partial charge on any atom is -0.465 e. The zero-order valence-corrected chi connectivity index (χ0v) is 22.5. The van der Waals surface area contributed by atoms with Crippen LogP contribution in [0.2, 0.25) is 5.02 Å². The quantitative estimate of drug-likeness (QED) is 0.324. The van der Waals surface area contributed by atoms with Crippen molar-refractivity contribution in [1.29, 1.82) is 0 Å². The molecule has 0 saturated carbocycles. The highest BCUT2D eigenvalue weighted by Gasteiger charge is 2.21. The molecule has 2 amide bonds. The second kappa shape index (κ2) is 13.2. The summed E-state index contributed by atoms with van der Waals surface area (Å²) in [5.41, 5.74) is 3.59. The van der Waals surface area contributed by atoms with Gasteiger partial charge in [-0.3, -0.25) is 9.59 Å². The number of nitrogens with one attached hydrogen (secondary N) is 1. The van der Waals surface area contributed by atoms with E-state index in [4.69, 9.17) is 21.1 Å². The van der Waals surface area contributed by atoms with Gasteiger partial charge in [0.15, 0.2) is 0 Å². The average molecular weight is 541 g/mol. The van der Waals surface area contributed by atoms with Crippen LogP contribution in [-0.4, -0.2) is 44.7 Å². The van der Waals surface area contributed by atoms with E-state index >= 15 is 0 Å². The number of hydrogen-bond donors (Lipinski definition) is 1. The van der Waals surface area contributed by atoms with Crippen molar-refractivity contribution >= 4 is 40.8 Å². The zero-order valence-electron chi connectivity index (χ0n) is 21.7. The molecule has 3 aromatic rings. The number of amides is 2. The van der Waals surface area contributed by atoms with Gasteiger partial charge < -0.3 is 19.7 Å². The largest absolute Gasteiger partial charge is 0.465 e. The van der Waals surface area contributed by atoms with E-state index in [9.17, 15) is 18.8 Å². The summed E-state index contributed by atoms with van der Waals surface area (Å²) >= 11 is 5.95. The second-order valence-corrected chi connectivity index (χ2v) is 9.57. The van der Waals surface area contributed by atoms with Gasteiger partial charge in [-0.2, -0.15) is 0 Å². The van der Waals surface area contributed by atoms with E-state index in [0.29, 0.717) is 17.3 Å². The number of aryl methyl sites for hydroxylation is 1. The Morgan fingerprint density at radius 3 is 2.32 bits per heavy atom. The number of methoxy groups -OCH3 is 1. The Hall–Kier alpha value is -3.75. The summed E-state index contributed by atoms with van der Waals surface area (Å²) < 4.78 is 23.6. The smallest absolute Gasteiger partial charge is 0.340 e. The van der Waals surface area contributed by atoms with Gasteiger partial charge >= 0.3 is 5.97 Å². The fourth-order valence-electron chi connectivity index (χ4n) is 3.82. The number of carbonyl (C=O) groups is 3. The Labute approximate surface area is 226 Å². The van der Waals surface area contributed by atoms with Crippen molar-refractivity contribution in [3.05, 3.63) is 82.6 Å². The topological polar surface area (TPSA) is 84.9 Å². The van der Waals surface area contributed by atoms with E-state index in [2.05, 4.69) is 5.32 Å². The number of hydrogen-bond acceptors (Lipinski definition) is 5. The number of benzene rings is 3. The molecule has 0 unspecified atom stereocenters. The van der Waals surface area contributed by atoms with Crippen LogP contribution in [0, 0.1) is 18.7 Å². The molecule has 0 aliphatic rings. The molecule has 200 valence electrons. The molecule has 0 saturated heterocycles. The lowest BCUT2D eigenvalue weighted by Gasteiger charge is -2.27. The Morgan fingerprint density at radius 2 is 1.66 bits per heavy atom. The van der Waals surface area contributed by atoms with Crippen molar-refractivity contribution in [2.75, 3.05) is 37.1 Å². The predicted molar refractivity (Wildman–Crippen MR) is 146 cm³/mol.